The molecule has 0 aromatic rings. The van der Waals surface area contributed by atoms with Crippen molar-refractivity contribution in [3.63, 3.8) is 0 Å². The fourth-order valence-corrected chi connectivity index (χ4v) is 2.72. The number of carboxylic acid groups (broad SMARTS) is 4. The van der Waals surface area contributed by atoms with E-state index in [1.165, 1.54) is 9.80 Å². The van der Waals surface area contributed by atoms with Crippen molar-refractivity contribution in [2.24, 2.45) is 0 Å². The summed E-state index contributed by atoms with van der Waals surface area (Å²) in [6, 6.07) is -0.572. The highest BCUT2D eigenvalue weighted by molar-refractivity contribution is 5.73. The topological polar surface area (TPSA) is 156 Å². The second-order valence-electron chi connectivity index (χ2n) is 6.15. The molecule has 0 aromatic carbocycles. The Balaban J connectivity index is 5.26. The SMILES string of the molecule is CCCCCCC(CN(CC(=O)O)CC(=O)O)N(CC(=O)O)CC(=O)O. The van der Waals surface area contributed by atoms with E-state index in [2.05, 4.69) is 0 Å². The number of carboxylic acids is 4. The molecule has 0 aliphatic heterocycles. The van der Waals surface area contributed by atoms with Gasteiger partial charge in [-0.25, -0.2) is 0 Å². The van der Waals surface area contributed by atoms with E-state index >= 15 is 0 Å². The highest BCUT2D eigenvalue weighted by Crippen LogP contribution is 2.13. The summed E-state index contributed by atoms with van der Waals surface area (Å²) in [4.78, 5) is 46.5. The smallest absolute Gasteiger partial charge is 0.317 e. The van der Waals surface area contributed by atoms with Gasteiger partial charge in [0.1, 0.15) is 0 Å². The lowest BCUT2D eigenvalue weighted by Crippen LogP contribution is -2.50. The van der Waals surface area contributed by atoms with Gasteiger partial charge in [-0.1, -0.05) is 32.6 Å². The van der Waals surface area contributed by atoms with Crippen molar-refractivity contribution in [2.75, 3.05) is 32.7 Å². The first-order valence-corrected chi connectivity index (χ1v) is 8.49. The van der Waals surface area contributed by atoms with Crippen LogP contribution < -0.4 is 0 Å². The van der Waals surface area contributed by atoms with Gasteiger partial charge in [0.25, 0.3) is 0 Å². The monoisotopic (exact) mass is 376 g/mol. The summed E-state index contributed by atoms with van der Waals surface area (Å²) in [5, 5.41) is 36.0. The summed E-state index contributed by atoms with van der Waals surface area (Å²) >= 11 is 0. The van der Waals surface area contributed by atoms with Crippen molar-refractivity contribution >= 4 is 23.9 Å². The van der Waals surface area contributed by atoms with E-state index in [-0.39, 0.29) is 6.54 Å². The fraction of sp³-hybridized carbons (Fsp3) is 0.750. The van der Waals surface area contributed by atoms with Gasteiger partial charge in [0, 0.05) is 12.6 Å². The van der Waals surface area contributed by atoms with Gasteiger partial charge in [0.05, 0.1) is 26.2 Å². The molecule has 10 heteroatoms. The molecule has 0 saturated carbocycles. The average Bonchev–Trinajstić information content (AvgIpc) is 2.47. The largest absolute Gasteiger partial charge is 0.480 e. The molecule has 0 aliphatic rings. The molecular weight excluding hydrogens is 348 g/mol. The van der Waals surface area contributed by atoms with E-state index in [0.717, 1.165) is 19.3 Å². The van der Waals surface area contributed by atoms with Crippen LogP contribution in [0.25, 0.3) is 0 Å². The molecule has 1 atom stereocenters. The number of nitrogens with zero attached hydrogens (tertiary/aromatic N) is 2. The van der Waals surface area contributed by atoms with Crippen LogP contribution in [0, 0.1) is 0 Å². The first-order chi connectivity index (χ1) is 12.1. The van der Waals surface area contributed by atoms with Gasteiger partial charge in [-0.15, -0.1) is 0 Å². The van der Waals surface area contributed by atoms with Crippen LogP contribution in [0.2, 0.25) is 0 Å². The van der Waals surface area contributed by atoms with Gasteiger partial charge in [-0.05, 0) is 6.42 Å². The third-order valence-electron chi connectivity index (χ3n) is 3.77. The van der Waals surface area contributed by atoms with Crippen molar-refractivity contribution in [1.82, 2.24) is 9.80 Å². The zero-order chi connectivity index (χ0) is 20.1. The Hall–Kier alpha value is -2.20. The molecule has 0 rings (SSSR count). The van der Waals surface area contributed by atoms with Crippen LogP contribution >= 0.6 is 0 Å². The third-order valence-corrected chi connectivity index (χ3v) is 3.77. The normalized spacial score (nSPS) is 12.3. The molecule has 4 N–H and O–H groups in total. The van der Waals surface area contributed by atoms with Crippen LogP contribution in [0.1, 0.15) is 39.0 Å². The standard InChI is InChI=1S/C16H28N2O8/c1-2-3-4-5-6-12(18(10-15(23)24)11-16(25)26)7-17(8-13(19)20)9-14(21)22/h12H,2-11H2,1H3,(H,19,20)(H,21,22)(H,23,24)(H,25,26). The van der Waals surface area contributed by atoms with Crippen molar-refractivity contribution in [3.05, 3.63) is 0 Å². The van der Waals surface area contributed by atoms with Gasteiger partial charge in [-0.3, -0.25) is 29.0 Å². The van der Waals surface area contributed by atoms with Crippen molar-refractivity contribution in [3.8, 4) is 0 Å². The van der Waals surface area contributed by atoms with Crippen LogP contribution in [-0.2, 0) is 19.2 Å². The average molecular weight is 376 g/mol. The van der Waals surface area contributed by atoms with Crippen LogP contribution in [0.4, 0.5) is 0 Å². The molecule has 0 aromatic heterocycles. The molecule has 10 nitrogen and oxygen atoms in total. The molecule has 0 aliphatic carbocycles. The molecule has 0 bridgehead atoms. The summed E-state index contributed by atoms with van der Waals surface area (Å²) in [5.74, 6) is -4.82. The minimum atomic E-state index is -1.21. The van der Waals surface area contributed by atoms with E-state index in [4.69, 9.17) is 20.4 Å². The first-order valence-electron chi connectivity index (χ1n) is 8.49. The predicted octanol–water partition coefficient (Wildman–Crippen LogP) is 0.268. The number of carbonyl (C=O) groups is 4. The highest BCUT2D eigenvalue weighted by Gasteiger charge is 2.26. The molecule has 26 heavy (non-hydrogen) atoms. The molecule has 0 spiro atoms. The second-order valence-corrected chi connectivity index (χ2v) is 6.15. The lowest BCUT2D eigenvalue weighted by Gasteiger charge is -2.33. The molecule has 0 heterocycles. The lowest BCUT2D eigenvalue weighted by molar-refractivity contribution is -0.146. The zero-order valence-electron chi connectivity index (χ0n) is 15.0. The molecule has 0 saturated heterocycles. The number of hydrogen-bond acceptors (Lipinski definition) is 6. The van der Waals surface area contributed by atoms with Gasteiger partial charge in [0.2, 0.25) is 0 Å². The first kappa shape index (κ1) is 23.8. The number of hydrogen-bond donors (Lipinski definition) is 4. The molecule has 0 fully saturated rings. The molecule has 0 amide bonds. The summed E-state index contributed by atoms with van der Waals surface area (Å²) in [7, 11) is 0. The number of unbranched alkanes of at least 4 members (excludes halogenated alkanes) is 3. The van der Waals surface area contributed by atoms with Crippen LogP contribution in [0.3, 0.4) is 0 Å². The quantitative estimate of drug-likeness (QED) is 0.276. The number of rotatable bonds is 16. The molecule has 1 unspecified atom stereocenters. The Labute approximate surface area is 152 Å². The van der Waals surface area contributed by atoms with Crippen LogP contribution in [0.15, 0.2) is 0 Å². The van der Waals surface area contributed by atoms with Gasteiger partial charge in [0.15, 0.2) is 0 Å². The Morgan fingerprint density at radius 2 is 1.19 bits per heavy atom. The maximum atomic E-state index is 11.1. The maximum absolute atomic E-state index is 11.1. The minimum absolute atomic E-state index is 0.0364. The summed E-state index contributed by atoms with van der Waals surface area (Å²) in [5.41, 5.74) is 0. The Morgan fingerprint density at radius 3 is 1.58 bits per heavy atom. The van der Waals surface area contributed by atoms with E-state index in [9.17, 15) is 19.2 Å². The zero-order valence-corrected chi connectivity index (χ0v) is 15.0. The van der Waals surface area contributed by atoms with E-state index < -0.39 is 56.1 Å². The van der Waals surface area contributed by atoms with Gasteiger partial charge >= 0.3 is 23.9 Å². The highest BCUT2D eigenvalue weighted by atomic mass is 16.4. The fourth-order valence-electron chi connectivity index (χ4n) is 2.72. The van der Waals surface area contributed by atoms with Crippen molar-refractivity contribution in [1.29, 1.82) is 0 Å². The number of aliphatic carboxylic acids is 4. The third kappa shape index (κ3) is 12.2. The Bertz CT molecular complexity index is 451. The predicted molar refractivity (Wildman–Crippen MR) is 91.1 cm³/mol. The summed E-state index contributed by atoms with van der Waals surface area (Å²) in [6.07, 6.45) is 4.00. The van der Waals surface area contributed by atoms with E-state index in [1.54, 1.807) is 0 Å². The Morgan fingerprint density at radius 1 is 0.731 bits per heavy atom. The van der Waals surface area contributed by atoms with Gasteiger partial charge < -0.3 is 20.4 Å². The van der Waals surface area contributed by atoms with Crippen LogP contribution in [0.5, 0.6) is 0 Å². The van der Waals surface area contributed by atoms with Crippen LogP contribution in [-0.4, -0.2) is 92.9 Å². The molecule has 150 valence electrons. The molecule has 0 radical (unpaired) electrons. The minimum Gasteiger partial charge on any atom is -0.480 e. The van der Waals surface area contributed by atoms with Crippen molar-refractivity contribution in [2.45, 2.75) is 45.1 Å². The Kier molecular flexibility index (Phi) is 12.0. The van der Waals surface area contributed by atoms with Crippen molar-refractivity contribution < 1.29 is 39.6 Å². The summed E-state index contributed by atoms with van der Waals surface area (Å²) < 4.78 is 0. The van der Waals surface area contributed by atoms with E-state index in [1.807, 2.05) is 6.92 Å². The summed E-state index contributed by atoms with van der Waals surface area (Å²) in [6.45, 7) is -0.0830. The molecular formula is C16H28N2O8. The maximum Gasteiger partial charge on any atom is 0.317 e. The van der Waals surface area contributed by atoms with E-state index in [0.29, 0.717) is 12.8 Å². The second kappa shape index (κ2) is 13.1. The van der Waals surface area contributed by atoms with Gasteiger partial charge in [-0.2, -0.15) is 0 Å². The lowest BCUT2D eigenvalue weighted by atomic mass is 10.0.